The first-order valence-corrected chi connectivity index (χ1v) is 7.88. The van der Waals surface area contributed by atoms with E-state index >= 15 is 0 Å². The van der Waals surface area contributed by atoms with Crippen molar-refractivity contribution in [2.45, 2.75) is 26.3 Å². The summed E-state index contributed by atoms with van der Waals surface area (Å²) in [6.45, 7) is 3.89. The number of carbonyl (C=O) groups is 1. The van der Waals surface area contributed by atoms with Crippen LogP contribution in [0.15, 0.2) is 34.7 Å². The van der Waals surface area contributed by atoms with Crippen LogP contribution in [0.3, 0.4) is 0 Å². The number of fused-ring (bicyclic) bond motifs is 1. The number of furan rings is 1. The van der Waals surface area contributed by atoms with Gasteiger partial charge in [0.25, 0.3) is 5.91 Å². The van der Waals surface area contributed by atoms with Gasteiger partial charge in [0.05, 0.1) is 11.7 Å². The summed E-state index contributed by atoms with van der Waals surface area (Å²) in [6.07, 6.45) is 0.793. The summed E-state index contributed by atoms with van der Waals surface area (Å²) in [7, 11) is 1.77. The second kappa shape index (κ2) is 6.08. The molecule has 3 aromatic rings. The summed E-state index contributed by atoms with van der Waals surface area (Å²) in [4.78, 5) is 12.4. The first-order valence-electron chi connectivity index (χ1n) is 7.50. The molecule has 3 rings (SSSR count). The van der Waals surface area contributed by atoms with Crippen molar-refractivity contribution in [2.75, 3.05) is 0 Å². The minimum absolute atomic E-state index is 0.175. The fraction of sp³-hybridized carbons (Fsp3) is 0.294. The third-order valence-electron chi connectivity index (χ3n) is 3.80. The number of hydrogen-bond acceptors (Lipinski definition) is 3. The molecule has 0 spiro atoms. The number of benzene rings is 1. The molecule has 0 aliphatic carbocycles. The third-order valence-corrected chi connectivity index (χ3v) is 4.03. The molecular weight excluding hydrogens is 314 g/mol. The van der Waals surface area contributed by atoms with E-state index in [4.69, 9.17) is 16.0 Å². The van der Waals surface area contributed by atoms with Crippen LogP contribution in [-0.2, 0) is 13.5 Å². The van der Waals surface area contributed by atoms with Crippen molar-refractivity contribution in [3.8, 4) is 0 Å². The van der Waals surface area contributed by atoms with Crippen LogP contribution in [0.5, 0.6) is 0 Å². The van der Waals surface area contributed by atoms with Crippen LogP contribution in [0.1, 0.15) is 41.8 Å². The topological polar surface area (TPSA) is 60.1 Å². The van der Waals surface area contributed by atoms with Crippen molar-refractivity contribution in [1.29, 1.82) is 0 Å². The lowest BCUT2D eigenvalue weighted by Gasteiger charge is -2.11. The predicted molar refractivity (Wildman–Crippen MR) is 89.7 cm³/mol. The number of aryl methyl sites for hydroxylation is 2. The van der Waals surface area contributed by atoms with Gasteiger partial charge < -0.3 is 9.73 Å². The molecule has 1 amide bonds. The zero-order chi connectivity index (χ0) is 16.6. The van der Waals surface area contributed by atoms with Crippen LogP contribution in [0.4, 0.5) is 0 Å². The third kappa shape index (κ3) is 3.10. The number of hydrogen-bond donors (Lipinski definition) is 1. The van der Waals surface area contributed by atoms with Gasteiger partial charge in [-0.15, -0.1) is 0 Å². The van der Waals surface area contributed by atoms with E-state index in [9.17, 15) is 4.79 Å². The van der Waals surface area contributed by atoms with Crippen LogP contribution < -0.4 is 5.32 Å². The predicted octanol–water partition coefficient (Wildman–Crippen LogP) is 3.87. The number of nitrogens with zero attached hydrogens (tertiary/aromatic N) is 2. The second-order valence-electron chi connectivity index (χ2n) is 5.52. The number of amides is 1. The summed E-state index contributed by atoms with van der Waals surface area (Å²) >= 11 is 5.98. The zero-order valence-corrected chi connectivity index (χ0v) is 14.0. The Bertz CT molecular complexity index is 866. The van der Waals surface area contributed by atoms with Crippen molar-refractivity contribution < 1.29 is 9.21 Å². The van der Waals surface area contributed by atoms with Crippen LogP contribution in [0.2, 0.25) is 5.02 Å². The van der Waals surface area contributed by atoms with Crippen LogP contribution in [-0.4, -0.2) is 15.7 Å². The summed E-state index contributed by atoms with van der Waals surface area (Å²) < 4.78 is 7.38. The molecule has 1 N–H and O–H groups in total. The average molecular weight is 332 g/mol. The Morgan fingerprint density at radius 3 is 2.87 bits per heavy atom. The SMILES string of the molecule is CCc1cc(C(=O)N[C@@H](C)c2cc3cc(Cl)ccc3o2)n(C)n1. The van der Waals surface area contributed by atoms with E-state index < -0.39 is 0 Å². The van der Waals surface area contributed by atoms with E-state index in [1.165, 1.54) is 0 Å². The van der Waals surface area contributed by atoms with Gasteiger partial charge in [-0.25, -0.2) is 0 Å². The summed E-state index contributed by atoms with van der Waals surface area (Å²) in [5.74, 6) is 0.513. The van der Waals surface area contributed by atoms with Gasteiger partial charge in [0.15, 0.2) is 0 Å². The molecule has 0 saturated carbocycles. The van der Waals surface area contributed by atoms with Crippen molar-refractivity contribution in [3.63, 3.8) is 0 Å². The molecule has 1 atom stereocenters. The highest BCUT2D eigenvalue weighted by atomic mass is 35.5. The lowest BCUT2D eigenvalue weighted by atomic mass is 10.2. The van der Waals surface area contributed by atoms with Crippen molar-refractivity contribution in [2.24, 2.45) is 7.05 Å². The maximum Gasteiger partial charge on any atom is 0.270 e. The lowest BCUT2D eigenvalue weighted by molar-refractivity contribution is 0.0926. The number of carbonyl (C=O) groups excluding carboxylic acids is 1. The van der Waals surface area contributed by atoms with Crippen LogP contribution in [0.25, 0.3) is 11.0 Å². The maximum absolute atomic E-state index is 12.4. The van der Waals surface area contributed by atoms with Crippen LogP contribution in [0, 0.1) is 0 Å². The molecule has 0 saturated heterocycles. The minimum atomic E-state index is -0.256. The molecule has 0 unspecified atom stereocenters. The Kier molecular flexibility index (Phi) is 4.13. The van der Waals surface area contributed by atoms with E-state index in [1.807, 2.05) is 32.0 Å². The highest BCUT2D eigenvalue weighted by molar-refractivity contribution is 6.31. The van der Waals surface area contributed by atoms with Crippen molar-refractivity contribution in [3.05, 3.63) is 52.5 Å². The minimum Gasteiger partial charge on any atom is -0.459 e. The van der Waals surface area contributed by atoms with Gasteiger partial charge in [-0.05, 0) is 43.7 Å². The Hall–Kier alpha value is -2.27. The molecule has 1 aromatic carbocycles. The lowest BCUT2D eigenvalue weighted by Crippen LogP contribution is -2.28. The molecule has 0 fully saturated rings. The van der Waals surface area contributed by atoms with E-state index in [0.717, 1.165) is 23.1 Å². The molecule has 0 bridgehead atoms. The highest BCUT2D eigenvalue weighted by Gasteiger charge is 2.18. The molecule has 2 heterocycles. The summed E-state index contributed by atoms with van der Waals surface area (Å²) in [5.41, 5.74) is 2.18. The Labute approximate surface area is 139 Å². The van der Waals surface area contributed by atoms with E-state index in [2.05, 4.69) is 10.4 Å². The molecule has 0 aliphatic rings. The molecule has 5 nitrogen and oxygen atoms in total. The first kappa shape index (κ1) is 15.6. The number of aromatic nitrogens is 2. The van der Waals surface area contributed by atoms with Gasteiger partial charge in [-0.1, -0.05) is 18.5 Å². The van der Waals surface area contributed by atoms with Gasteiger partial charge in [0, 0.05) is 17.5 Å². The Morgan fingerprint density at radius 2 is 2.17 bits per heavy atom. The van der Waals surface area contributed by atoms with Crippen molar-refractivity contribution in [1.82, 2.24) is 15.1 Å². The smallest absolute Gasteiger partial charge is 0.270 e. The van der Waals surface area contributed by atoms with E-state index in [0.29, 0.717) is 16.5 Å². The van der Waals surface area contributed by atoms with Gasteiger partial charge in [0.2, 0.25) is 0 Å². The summed E-state index contributed by atoms with van der Waals surface area (Å²) in [5, 5.41) is 8.81. The van der Waals surface area contributed by atoms with E-state index in [1.54, 1.807) is 23.9 Å². The van der Waals surface area contributed by atoms with Crippen LogP contribution >= 0.6 is 11.6 Å². The maximum atomic E-state index is 12.4. The van der Waals surface area contributed by atoms with Crippen molar-refractivity contribution >= 4 is 28.5 Å². The Morgan fingerprint density at radius 1 is 1.39 bits per heavy atom. The molecular formula is C17H18ClN3O2. The van der Waals surface area contributed by atoms with Gasteiger partial charge in [0.1, 0.15) is 17.0 Å². The highest BCUT2D eigenvalue weighted by Crippen LogP contribution is 2.26. The van der Waals surface area contributed by atoms with Gasteiger partial charge in [-0.2, -0.15) is 5.10 Å². The van der Waals surface area contributed by atoms with E-state index in [-0.39, 0.29) is 11.9 Å². The molecule has 23 heavy (non-hydrogen) atoms. The molecule has 6 heteroatoms. The van der Waals surface area contributed by atoms with Gasteiger partial charge >= 0.3 is 0 Å². The molecule has 2 aromatic heterocycles. The quantitative estimate of drug-likeness (QED) is 0.789. The number of halogens is 1. The number of rotatable bonds is 4. The fourth-order valence-corrected chi connectivity index (χ4v) is 2.68. The fourth-order valence-electron chi connectivity index (χ4n) is 2.50. The normalized spacial score (nSPS) is 12.5. The zero-order valence-electron chi connectivity index (χ0n) is 13.3. The average Bonchev–Trinajstić information content (AvgIpc) is 3.09. The van der Waals surface area contributed by atoms with Gasteiger partial charge in [-0.3, -0.25) is 9.48 Å². The molecule has 0 aliphatic heterocycles. The molecule has 0 radical (unpaired) electrons. The largest absolute Gasteiger partial charge is 0.459 e. The second-order valence-corrected chi connectivity index (χ2v) is 5.96. The summed E-state index contributed by atoms with van der Waals surface area (Å²) in [6, 6.07) is 8.89. The first-order chi connectivity index (χ1) is 11.0. The standard InChI is InChI=1S/C17H18ClN3O2/c1-4-13-9-14(21(3)20-13)17(22)19-10(2)16-8-11-7-12(18)5-6-15(11)23-16/h5-10H,4H2,1-3H3,(H,19,22)/t10-/m0/s1. The molecule has 120 valence electrons. The monoisotopic (exact) mass is 331 g/mol. The Balaban J connectivity index is 1.80. The number of nitrogens with one attached hydrogen (secondary N) is 1.